The van der Waals surface area contributed by atoms with Gasteiger partial charge >= 0.3 is 0 Å². The Morgan fingerprint density at radius 1 is 0.833 bits per heavy atom. The van der Waals surface area contributed by atoms with Gasteiger partial charge in [0.15, 0.2) is 0 Å². The van der Waals surface area contributed by atoms with Crippen molar-refractivity contribution in [2.45, 2.75) is 66.6 Å². The maximum Gasteiger partial charge on any atom is 0.0451 e. The van der Waals surface area contributed by atoms with Crippen LogP contribution in [0.3, 0.4) is 0 Å². The molecule has 18 heavy (non-hydrogen) atoms. The maximum atomic E-state index is 3.96. The quantitative estimate of drug-likeness (QED) is 0.592. The fourth-order valence-electron chi connectivity index (χ4n) is 2.48. The lowest BCUT2D eigenvalue weighted by molar-refractivity contribution is 0.344. The number of rotatable bonds is 3. The van der Waals surface area contributed by atoms with Gasteiger partial charge < -0.3 is 0 Å². The molecule has 0 saturated heterocycles. The van der Waals surface area contributed by atoms with Crippen LogP contribution >= 0.6 is 15.9 Å². The second-order valence-corrected chi connectivity index (χ2v) is 7.16. The molecule has 1 unspecified atom stereocenters. The summed E-state index contributed by atoms with van der Waals surface area (Å²) in [5, 5.41) is 0. The van der Waals surface area contributed by atoms with Crippen LogP contribution in [-0.2, 0) is 0 Å². The predicted octanol–water partition coefficient (Wildman–Crippen LogP) is 6.10. The van der Waals surface area contributed by atoms with E-state index in [1.807, 2.05) is 0 Å². The lowest BCUT2D eigenvalue weighted by Gasteiger charge is -2.33. The molecule has 0 spiro atoms. The Hall–Kier alpha value is -0.300. The van der Waals surface area contributed by atoms with E-state index >= 15 is 0 Å². The van der Waals surface area contributed by atoms with Gasteiger partial charge in [0.25, 0.3) is 0 Å². The minimum absolute atomic E-state index is 0.281. The standard InChI is InChI=1S/C17H27Br/c1-9-17(7,8)16(18)15-13(5)11(3)10(2)12(4)14(15)6/h16H,9H2,1-8H3. The van der Waals surface area contributed by atoms with Crippen LogP contribution in [0.4, 0.5) is 0 Å². The Kier molecular flexibility index (Phi) is 4.70. The first-order chi connectivity index (χ1) is 8.15. The van der Waals surface area contributed by atoms with Gasteiger partial charge in [-0.1, -0.05) is 36.7 Å². The van der Waals surface area contributed by atoms with Crippen LogP contribution in [0.5, 0.6) is 0 Å². The monoisotopic (exact) mass is 310 g/mol. The van der Waals surface area contributed by atoms with Crippen molar-refractivity contribution in [3.63, 3.8) is 0 Å². The molecule has 0 aliphatic carbocycles. The van der Waals surface area contributed by atoms with E-state index in [1.54, 1.807) is 0 Å². The average molecular weight is 311 g/mol. The smallest absolute Gasteiger partial charge is 0.0451 e. The SMILES string of the molecule is CCC(C)(C)C(Br)c1c(C)c(C)c(C)c(C)c1C. The molecule has 0 aromatic heterocycles. The third kappa shape index (κ3) is 2.52. The van der Waals surface area contributed by atoms with E-state index in [-0.39, 0.29) is 5.41 Å². The molecule has 0 bridgehead atoms. The molecule has 1 heteroatoms. The van der Waals surface area contributed by atoms with E-state index in [2.05, 4.69) is 71.3 Å². The molecular weight excluding hydrogens is 284 g/mol. The van der Waals surface area contributed by atoms with Gasteiger partial charge in [0.2, 0.25) is 0 Å². The molecule has 0 saturated carbocycles. The van der Waals surface area contributed by atoms with Crippen LogP contribution in [0.15, 0.2) is 0 Å². The first-order valence-electron chi connectivity index (χ1n) is 6.86. The van der Waals surface area contributed by atoms with Crippen molar-refractivity contribution in [1.82, 2.24) is 0 Å². The largest absolute Gasteiger partial charge is 0.0833 e. The highest BCUT2D eigenvalue weighted by Gasteiger charge is 2.30. The number of benzene rings is 1. The van der Waals surface area contributed by atoms with Gasteiger partial charge in [0.05, 0.1) is 0 Å². The second kappa shape index (κ2) is 5.36. The highest BCUT2D eigenvalue weighted by Crippen LogP contribution is 2.46. The molecule has 0 fully saturated rings. The van der Waals surface area contributed by atoms with Crippen molar-refractivity contribution in [2.75, 3.05) is 0 Å². The first kappa shape index (κ1) is 15.8. The minimum Gasteiger partial charge on any atom is -0.0833 e. The summed E-state index contributed by atoms with van der Waals surface area (Å²) >= 11 is 3.96. The van der Waals surface area contributed by atoms with E-state index in [4.69, 9.17) is 0 Å². The van der Waals surface area contributed by atoms with E-state index < -0.39 is 0 Å². The summed E-state index contributed by atoms with van der Waals surface area (Å²) < 4.78 is 0. The molecule has 0 aliphatic rings. The van der Waals surface area contributed by atoms with Gasteiger partial charge in [-0.15, -0.1) is 0 Å². The molecule has 1 aromatic rings. The minimum atomic E-state index is 0.281. The van der Waals surface area contributed by atoms with Gasteiger partial charge in [0.1, 0.15) is 0 Å². The van der Waals surface area contributed by atoms with Crippen LogP contribution in [0.1, 0.15) is 65.4 Å². The van der Waals surface area contributed by atoms with Crippen molar-refractivity contribution < 1.29 is 0 Å². The number of hydrogen-bond acceptors (Lipinski definition) is 0. The molecule has 0 N–H and O–H groups in total. The molecule has 0 heterocycles. The third-order valence-electron chi connectivity index (χ3n) is 4.91. The van der Waals surface area contributed by atoms with Crippen LogP contribution in [0.25, 0.3) is 0 Å². The second-order valence-electron chi connectivity index (χ2n) is 6.24. The summed E-state index contributed by atoms with van der Waals surface area (Å²) in [6.07, 6.45) is 1.17. The zero-order valence-corrected chi connectivity index (χ0v) is 14.7. The van der Waals surface area contributed by atoms with E-state index in [0.717, 1.165) is 0 Å². The number of hydrogen-bond donors (Lipinski definition) is 0. The van der Waals surface area contributed by atoms with Crippen LogP contribution < -0.4 is 0 Å². The highest BCUT2D eigenvalue weighted by atomic mass is 79.9. The van der Waals surface area contributed by atoms with E-state index in [0.29, 0.717) is 4.83 Å². The normalized spacial score (nSPS) is 13.8. The van der Waals surface area contributed by atoms with Crippen LogP contribution in [-0.4, -0.2) is 0 Å². The van der Waals surface area contributed by atoms with Crippen molar-refractivity contribution in [2.24, 2.45) is 5.41 Å². The number of alkyl halides is 1. The zero-order valence-electron chi connectivity index (χ0n) is 13.2. The molecule has 0 amide bonds. The van der Waals surface area contributed by atoms with Crippen molar-refractivity contribution in [3.05, 3.63) is 33.4 Å². The van der Waals surface area contributed by atoms with Gasteiger partial charge in [-0.05, 0) is 79.8 Å². The molecule has 0 radical (unpaired) electrons. The number of halogens is 1. The molecule has 102 valence electrons. The Labute approximate surface area is 121 Å². The summed E-state index contributed by atoms with van der Waals surface area (Å²) in [6, 6.07) is 0. The molecule has 0 aliphatic heterocycles. The lowest BCUT2D eigenvalue weighted by atomic mass is 9.78. The highest BCUT2D eigenvalue weighted by molar-refractivity contribution is 9.09. The van der Waals surface area contributed by atoms with Gasteiger partial charge in [0, 0.05) is 4.83 Å². The average Bonchev–Trinajstić information content (AvgIpc) is 2.34. The molecule has 1 atom stereocenters. The summed E-state index contributed by atoms with van der Waals surface area (Å²) in [5.74, 6) is 0. The van der Waals surface area contributed by atoms with Crippen LogP contribution in [0.2, 0.25) is 0 Å². The Bertz CT molecular complexity index is 426. The lowest BCUT2D eigenvalue weighted by Crippen LogP contribution is -2.19. The summed E-state index contributed by atoms with van der Waals surface area (Å²) in [4.78, 5) is 0.424. The fourth-order valence-corrected chi connectivity index (χ4v) is 3.49. The van der Waals surface area contributed by atoms with Crippen molar-refractivity contribution >= 4 is 15.9 Å². The van der Waals surface area contributed by atoms with Gasteiger partial charge in [-0.2, -0.15) is 0 Å². The van der Waals surface area contributed by atoms with Crippen LogP contribution in [0, 0.1) is 40.0 Å². The van der Waals surface area contributed by atoms with Gasteiger partial charge in [-0.25, -0.2) is 0 Å². The molecule has 0 nitrogen and oxygen atoms in total. The molecule has 1 aromatic carbocycles. The summed E-state index contributed by atoms with van der Waals surface area (Å²) in [6.45, 7) is 18.2. The Balaban J connectivity index is 3.52. The van der Waals surface area contributed by atoms with E-state index in [9.17, 15) is 0 Å². The first-order valence-corrected chi connectivity index (χ1v) is 7.77. The Morgan fingerprint density at radius 3 is 1.50 bits per heavy atom. The van der Waals surface area contributed by atoms with Crippen molar-refractivity contribution in [1.29, 1.82) is 0 Å². The molecular formula is C17H27Br. The maximum absolute atomic E-state index is 3.96. The summed E-state index contributed by atoms with van der Waals surface area (Å²) in [5.41, 5.74) is 9.04. The fraction of sp³-hybridized carbons (Fsp3) is 0.647. The van der Waals surface area contributed by atoms with Gasteiger partial charge in [-0.3, -0.25) is 0 Å². The van der Waals surface area contributed by atoms with E-state index in [1.165, 1.54) is 39.8 Å². The topological polar surface area (TPSA) is 0 Å². The summed E-state index contributed by atoms with van der Waals surface area (Å²) in [7, 11) is 0. The predicted molar refractivity (Wildman–Crippen MR) is 85.9 cm³/mol. The van der Waals surface area contributed by atoms with Crippen molar-refractivity contribution in [3.8, 4) is 0 Å². The third-order valence-corrected chi connectivity index (χ3v) is 6.61. The Morgan fingerprint density at radius 2 is 1.17 bits per heavy atom. The zero-order chi connectivity index (χ0) is 14.2. The molecule has 1 rings (SSSR count).